The molecule has 104 valence electrons. The van der Waals surface area contributed by atoms with Crippen LogP contribution in [0.4, 0.5) is 5.69 Å². The van der Waals surface area contributed by atoms with E-state index in [1.54, 1.807) is 11.4 Å². The maximum atomic E-state index is 12.2. The van der Waals surface area contributed by atoms with Crippen molar-refractivity contribution in [1.29, 1.82) is 0 Å². The van der Waals surface area contributed by atoms with Crippen LogP contribution >= 0.6 is 11.3 Å². The van der Waals surface area contributed by atoms with Crippen LogP contribution in [-0.4, -0.2) is 37.7 Å². The van der Waals surface area contributed by atoms with Crippen molar-refractivity contribution in [2.24, 2.45) is 5.73 Å². The van der Waals surface area contributed by atoms with Gasteiger partial charge in [-0.15, -0.1) is 11.3 Å². The van der Waals surface area contributed by atoms with Gasteiger partial charge in [0.15, 0.2) is 0 Å². The standard InChI is InChI=1S/C12H16N2O4S/c1-17-10(15)9-8(2-7-19-9)14-11(16)12(13)3-5-18-6-4-12/h2,7H,3-6,13H2,1H3,(H,14,16). The van der Waals surface area contributed by atoms with Gasteiger partial charge in [-0.3, -0.25) is 4.79 Å². The molecule has 0 saturated carbocycles. The summed E-state index contributed by atoms with van der Waals surface area (Å²) in [6.07, 6.45) is 0.938. The van der Waals surface area contributed by atoms with Gasteiger partial charge < -0.3 is 20.5 Å². The van der Waals surface area contributed by atoms with Gasteiger partial charge in [0, 0.05) is 13.2 Å². The third-order valence-corrected chi connectivity index (χ3v) is 4.02. The van der Waals surface area contributed by atoms with E-state index in [1.807, 2.05) is 0 Å². The second kappa shape index (κ2) is 5.68. The SMILES string of the molecule is COC(=O)c1sccc1NC(=O)C1(N)CCOCC1. The lowest BCUT2D eigenvalue weighted by Crippen LogP contribution is -2.54. The molecule has 1 aromatic rings. The summed E-state index contributed by atoms with van der Waals surface area (Å²) in [6.45, 7) is 0.939. The molecule has 0 aromatic carbocycles. The molecule has 2 heterocycles. The lowest BCUT2D eigenvalue weighted by atomic mass is 9.90. The van der Waals surface area contributed by atoms with E-state index in [1.165, 1.54) is 18.4 Å². The number of carbonyl (C=O) groups is 2. The highest BCUT2D eigenvalue weighted by atomic mass is 32.1. The van der Waals surface area contributed by atoms with Crippen LogP contribution in [0, 0.1) is 0 Å². The predicted molar refractivity (Wildman–Crippen MR) is 71.3 cm³/mol. The average Bonchev–Trinajstić information content (AvgIpc) is 2.87. The van der Waals surface area contributed by atoms with E-state index in [2.05, 4.69) is 10.1 Å². The number of methoxy groups -OCH3 is 1. The molecule has 6 nitrogen and oxygen atoms in total. The van der Waals surface area contributed by atoms with E-state index in [0.717, 1.165) is 0 Å². The van der Waals surface area contributed by atoms with Gasteiger partial charge in [0.2, 0.25) is 5.91 Å². The zero-order valence-corrected chi connectivity index (χ0v) is 11.4. The van der Waals surface area contributed by atoms with Crippen molar-refractivity contribution in [3.05, 3.63) is 16.3 Å². The molecule has 1 aromatic heterocycles. The summed E-state index contributed by atoms with van der Waals surface area (Å²) in [7, 11) is 1.30. The fourth-order valence-corrected chi connectivity index (χ4v) is 2.63. The summed E-state index contributed by atoms with van der Waals surface area (Å²) in [5.74, 6) is -0.761. The highest BCUT2D eigenvalue weighted by Crippen LogP contribution is 2.26. The normalized spacial score (nSPS) is 17.8. The van der Waals surface area contributed by atoms with E-state index in [-0.39, 0.29) is 5.91 Å². The topological polar surface area (TPSA) is 90.7 Å². The Kier molecular flexibility index (Phi) is 4.18. The monoisotopic (exact) mass is 284 g/mol. The van der Waals surface area contributed by atoms with Gasteiger partial charge in [-0.2, -0.15) is 0 Å². The number of hydrogen-bond acceptors (Lipinski definition) is 6. The first kappa shape index (κ1) is 14.0. The van der Waals surface area contributed by atoms with E-state index in [0.29, 0.717) is 36.6 Å². The lowest BCUT2D eigenvalue weighted by Gasteiger charge is -2.31. The first-order valence-corrected chi connectivity index (χ1v) is 6.79. The fraction of sp³-hybridized carbons (Fsp3) is 0.500. The Labute approximate surface area is 114 Å². The number of rotatable bonds is 3. The van der Waals surface area contributed by atoms with E-state index in [4.69, 9.17) is 10.5 Å². The number of carbonyl (C=O) groups excluding carboxylic acids is 2. The van der Waals surface area contributed by atoms with E-state index < -0.39 is 11.5 Å². The number of esters is 1. The van der Waals surface area contributed by atoms with Crippen molar-refractivity contribution in [3.63, 3.8) is 0 Å². The maximum absolute atomic E-state index is 12.2. The molecule has 0 unspecified atom stereocenters. The molecule has 7 heteroatoms. The summed E-state index contributed by atoms with van der Waals surface area (Å²) in [6, 6.07) is 1.66. The van der Waals surface area contributed by atoms with Gasteiger partial charge in [0.25, 0.3) is 0 Å². The van der Waals surface area contributed by atoms with Crippen LogP contribution in [0.25, 0.3) is 0 Å². The van der Waals surface area contributed by atoms with E-state index in [9.17, 15) is 9.59 Å². The summed E-state index contributed by atoms with van der Waals surface area (Å²) in [5.41, 5.74) is 5.58. The number of thiophene rings is 1. The minimum atomic E-state index is -0.937. The van der Waals surface area contributed by atoms with Crippen LogP contribution in [0.1, 0.15) is 22.5 Å². The quantitative estimate of drug-likeness (QED) is 0.807. The Morgan fingerprint density at radius 1 is 1.47 bits per heavy atom. The Hall–Kier alpha value is -1.44. The average molecular weight is 284 g/mol. The van der Waals surface area contributed by atoms with Crippen LogP contribution in [-0.2, 0) is 14.3 Å². The summed E-state index contributed by atoms with van der Waals surface area (Å²) in [4.78, 5) is 24.1. The maximum Gasteiger partial charge on any atom is 0.350 e. The van der Waals surface area contributed by atoms with Gasteiger partial charge in [0.05, 0.1) is 12.8 Å². The summed E-state index contributed by atoms with van der Waals surface area (Å²) < 4.78 is 9.85. The molecule has 1 aliphatic rings. The first-order valence-electron chi connectivity index (χ1n) is 5.91. The smallest absolute Gasteiger partial charge is 0.350 e. The zero-order valence-electron chi connectivity index (χ0n) is 10.6. The van der Waals surface area contributed by atoms with Crippen molar-refractivity contribution in [2.45, 2.75) is 18.4 Å². The lowest BCUT2D eigenvalue weighted by molar-refractivity contribution is -0.124. The highest BCUT2D eigenvalue weighted by Gasteiger charge is 2.36. The Morgan fingerprint density at radius 2 is 2.16 bits per heavy atom. The number of anilines is 1. The number of hydrogen-bond donors (Lipinski definition) is 2. The Balaban J connectivity index is 2.10. The van der Waals surface area contributed by atoms with Crippen LogP contribution in [0.3, 0.4) is 0 Å². The Bertz CT molecular complexity index is 480. The predicted octanol–water partition coefficient (Wildman–Crippen LogP) is 0.981. The number of ether oxygens (including phenoxy) is 2. The van der Waals surface area contributed by atoms with E-state index >= 15 is 0 Å². The molecule has 19 heavy (non-hydrogen) atoms. The molecule has 2 rings (SSSR count). The van der Waals surface area contributed by atoms with Crippen molar-refractivity contribution in [3.8, 4) is 0 Å². The highest BCUT2D eigenvalue weighted by molar-refractivity contribution is 7.12. The van der Waals surface area contributed by atoms with Crippen molar-refractivity contribution < 1.29 is 19.1 Å². The molecular weight excluding hydrogens is 268 g/mol. The minimum Gasteiger partial charge on any atom is -0.465 e. The summed E-state index contributed by atoms with van der Waals surface area (Å²) >= 11 is 1.22. The van der Waals surface area contributed by atoms with Crippen molar-refractivity contribution in [2.75, 3.05) is 25.6 Å². The molecule has 1 saturated heterocycles. The van der Waals surface area contributed by atoms with Crippen LogP contribution in [0.5, 0.6) is 0 Å². The molecule has 0 aliphatic carbocycles. The van der Waals surface area contributed by atoms with Gasteiger partial charge in [-0.1, -0.05) is 0 Å². The third kappa shape index (κ3) is 2.94. The van der Waals surface area contributed by atoms with Gasteiger partial charge in [0.1, 0.15) is 10.4 Å². The number of amides is 1. The molecular formula is C12H16N2O4S. The number of nitrogens with two attached hydrogens (primary N) is 1. The zero-order chi connectivity index (χ0) is 13.9. The second-order valence-corrected chi connectivity index (χ2v) is 5.29. The van der Waals surface area contributed by atoms with Crippen molar-refractivity contribution >= 4 is 28.9 Å². The molecule has 0 atom stereocenters. The number of nitrogens with one attached hydrogen (secondary N) is 1. The summed E-state index contributed by atoms with van der Waals surface area (Å²) in [5, 5.41) is 4.42. The largest absolute Gasteiger partial charge is 0.465 e. The molecule has 1 amide bonds. The van der Waals surface area contributed by atoms with Crippen LogP contribution < -0.4 is 11.1 Å². The van der Waals surface area contributed by atoms with Crippen LogP contribution in [0.2, 0.25) is 0 Å². The fourth-order valence-electron chi connectivity index (χ4n) is 1.87. The molecule has 1 fully saturated rings. The van der Waals surface area contributed by atoms with Gasteiger partial charge in [-0.05, 0) is 24.3 Å². The second-order valence-electron chi connectivity index (χ2n) is 4.38. The molecule has 0 radical (unpaired) electrons. The molecule has 3 N–H and O–H groups in total. The molecule has 1 aliphatic heterocycles. The van der Waals surface area contributed by atoms with Gasteiger partial charge >= 0.3 is 5.97 Å². The molecule has 0 bridgehead atoms. The molecule has 0 spiro atoms. The van der Waals surface area contributed by atoms with Crippen molar-refractivity contribution in [1.82, 2.24) is 0 Å². The van der Waals surface area contributed by atoms with Crippen LogP contribution in [0.15, 0.2) is 11.4 Å². The third-order valence-electron chi connectivity index (χ3n) is 3.12. The van der Waals surface area contributed by atoms with Gasteiger partial charge in [-0.25, -0.2) is 4.79 Å². The first-order chi connectivity index (χ1) is 9.07. The Morgan fingerprint density at radius 3 is 2.79 bits per heavy atom. The minimum absolute atomic E-state index is 0.292.